The van der Waals surface area contributed by atoms with E-state index in [0.29, 0.717) is 46.0 Å². The molecule has 33 heavy (non-hydrogen) atoms. The molecule has 3 aliphatic carbocycles. The lowest BCUT2D eigenvalue weighted by Crippen LogP contribution is -2.51. The van der Waals surface area contributed by atoms with Gasteiger partial charge in [-0.15, -0.1) is 0 Å². The molecule has 3 atom stereocenters. The molecule has 1 aliphatic heterocycles. The highest BCUT2D eigenvalue weighted by Crippen LogP contribution is 2.47. The van der Waals surface area contributed by atoms with Crippen molar-refractivity contribution in [3.8, 4) is 0 Å². The van der Waals surface area contributed by atoms with Gasteiger partial charge in [-0.05, 0) is 61.8 Å². The molecule has 0 radical (unpaired) electrons. The van der Waals surface area contributed by atoms with Crippen molar-refractivity contribution in [3.63, 3.8) is 0 Å². The Labute approximate surface area is 194 Å². The Morgan fingerprint density at radius 1 is 1.15 bits per heavy atom. The summed E-state index contributed by atoms with van der Waals surface area (Å²) in [6, 6.07) is 6.70. The van der Waals surface area contributed by atoms with Gasteiger partial charge in [-0.3, -0.25) is 4.79 Å². The van der Waals surface area contributed by atoms with Gasteiger partial charge < -0.3 is 15.7 Å². The van der Waals surface area contributed by atoms with Crippen molar-refractivity contribution in [2.45, 2.75) is 37.6 Å². The predicted molar refractivity (Wildman–Crippen MR) is 123 cm³/mol. The third kappa shape index (κ3) is 3.47. The van der Waals surface area contributed by atoms with Gasteiger partial charge in [0, 0.05) is 28.6 Å². The summed E-state index contributed by atoms with van der Waals surface area (Å²) in [7, 11) is 0. The van der Waals surface area contributed by atoms with Crippen molar-refractivity contribution in [2.75, 3.05) is 17.2 Å². The number of nitrogens with zero attached hydrogens (tertiary/aromatic N) is 3. The van der Waals surface area contributed by atoms with Crippen LogP contribution >= 0.6 is 11.6 Å². The summed E-state index contributed by atoms with van der Waals surface area (Å²) in [5, 5.41) is 18.0. The summed E-state index contributed by atoms with van der Waals surface area (Å²) >= 11 is 6.26. The molecule has 0 amide bonds. The molecule has 3 saturated carbocycles. The van der Waals surface area contributed by atoms with Crippen LogP contribution in [0, 0.1) is 23.6 Å². The molecule has 2 aromatic heterocycles. The van der Waals surface area contributed by atoms with Gasteiger partial charge in [-0.25, -0.2) is 19.3 Å². The van der Waals surface area contributed by atoms with Crippen LogP contribution in [0.2, 0.25) is 5.02 Å². The molecule has 9 heteroatoms. The zero-order chi connectivity index (χ0) is 22.7. The molecule has 7 nitrogen and oxygen atoms in total. The van der Waals surface area contributed by atoms with Crippen molar-refractivity contribution in [1.82, 2.24) is 15.0 Å². The maximum atomic E-state index is 13.9. The largest absolute Gasteiger partial charge is 0.481 e. The molecule has 170 valence electrons. The highest BCUT2D eigenvalue weighted by atomic mass is 35.5. The van der Waals surface area contributed by atoms with E-state index < -0.39 is 17.7 Å². The number of aliphatic carboxylic acids is 1. The minimum atomic E-state index is -0.751. The van der Waals surface area contributed by atoms with Crippen LogP contribution in [0.25, 0.3) is 10.9 Å². The van der Waals surface area contributed by atoms with Crippen molar-refractivity contribution in [2.24, 2.45) is 17.8 Å². The van der Waals surface area contributed by atoms with Crippen molar-refractivity contribution in [3.05, 3.63) is 52.7 Å². The average Bonchev–Trinajstić information content (AvgIpc) is 3.22. The number of nitrogens with one attached hydrogen (secondary N) is 2. The number of hydrogen-bond donors (Lipinski definition) is 3. The van der Waals surface area contributed by atoms with Crippen LogP contribution in [0.5, 0.6) is 0 Å². The molecule has 4 aliphatic rings. The molecule has 0 saturated heterocycles. The normalized spacial score (nSPS) is 27.9. The lowest BCUT2D eigenvalue weighted by Gasteiger charge is -2.47. The number of anilines is 2. The molecular formula is C24H23ClFN5O2. The van der Waals surface area contributed by atoms with Crippen LogP contribution in [0.15, 0.2) is 30.5 Å². The van der Waals surface area contributed by atoms with Crippen LogP contribution in [-0.2, 0) is 4.79 Å². The Morgan fingerprint density at radius 2 is 1.94 bits per heavy atom. The number of benzene rings is 1. The lowest BCUT2D eigenvalue weighted by atomic mass is 9.61. The van der Waals surface area contributed by atoms with Crippen molar-refractivity contribution >= 4 is 40.1 Å². The summed E-state index contributed by atoms with van der Waals surface area (Å²) in [5.74, 6) is 0.367. The number of aromatic nitrogens is 3. The highest BCUT2D eigenvalue weighted by Gasteiger charge is 2.47. The highest BCUT2D eigenvalue weighted by molar-refractivity contribution is 6.31. The summed E-state index contributed by atoms with van der Waals surface area (Å²) in [6.07, 6.45) is 5.17. The first-order chi connectivity index (χ1) is 16.0. The third-order valence-corrected chi connectivity index (χ3v) is 7.76. The quantitative estimate of drug-likeness (QED) is 0.512. The fraction of sp³-hybridized carbons (Fsp3) is 0.417. The molecule has 1 aromatic carbocycles. The summed E-state index contributed by atoms with van der Waals surface area (Å²) in [6.45, 7) is 0.503. The molecule has 3 aromatic rings. The minimum absolute atomic E-state index is 0.187. The Hall–Kier alpha value is -3.00. The SMILES string of the molecule is O=C(O)C1C2CCC(CC2)C1Nc1nc(C2CNc3ncc(F)cc32)nc2cc(Cl)ccc12. The van der Waals surface area contributed by atoms with Gasteiger partial charge >= 0.3 is 5.97 Å². The molecular weight excluding hydrogens is 445 g/mol. The van der Waals surface area contributed by atoms with Crippen LogP contribution in [0.3, 0.4) is 0 Å². The van der Waals surface area contributed by atoms with E-state index in [9.17, 15) is 14.3 Å². The van der Waals surface area contributed by atoms with Gasteiger partial charge in [0.2, 0.25) is 0 Å². The van der Waals surface area contributed by atoms with E-state index >= 15 is 0 Å². The zero-order valence-corrected chi connectivity index (χ0v) is 18.5. The number of hydrogen-bond acceptors (Lipinski definition) is 6. The van der Waals surface area contributed by atoms with E-state index in [4.69, 9.17) is 21.6 Å². The number of carbonyl (C=O) groups is 1. The Kier molecular flexibility index (Phi) is 4.87. The van der Waals surface area contributed by atoms with E-state index in [0.717, 1.165) is 31.1 Å². The van der Waals surface area contributed by atoms with E-state index in [2.05, 4.69) is 15.6 Å². The second-order valence-corrected chi connectivity index (χ2v) is 9.76. The van der Waals surface area contributed by atoms with Crippen molar-refractivity contribution < 1.29 is 14.3 Å². The summed E-state index contributed by atoms with van der Waals surface area (Å²) < 4.78 is 13.9. The van der Waals surface area contributed by atoms with Gasteiger partial charge in [0.25, 0.3) is 0 Å². The zero-order valence-electron chi connectivity index (χ0n) is 17.8. The van der Waals surface area contributed by atoms with Gasteiger partial charge in [0.15, 0.2) is 0 Å². The Morgan fingerprint density at radius 3 is 2.73 bits per heavy atom. The van der Waals surface area contributed by atoms with Crippen LogP contribution < -0.4 is 10.6 Å². The molecule has 3 fully saturated rings. The van der Waals surface area contributed by atoms with Gasteiger partial charge in [0.1, 0.15) is 23.3 Å². The molecule has 3 unspecified atom stereocenters. The number of rotatable bonds is 4. The van der Waals surface area contributed by atoms with E-state index in [-0.39, 0.29) is 17.9 Å². The third-order valence-electron chi connectivity index (χ3n) is 7.53. The number of carboxylic acids is 1. The molecule has 0 spiro atoms. The molecule has 7 rings (SSSR count). The van der Waals surface area contributed by atoms with E-state index in [1.54, 1.807) is 12.1 Å². The second kappa shape index (κ2) is 7.80. The van der Waals surface area contributed by atoms with Gasteiger partial charge in [0.05, 0.1) is 23.5 Å². The smallest absolute Gasteiger partial charge is 0.308 e. The van der Waals surface area contributed by atoms with E-state index in [1.165, 1.54) is 12.3 Å². The lowest BCUT2D eigenvalue weighted by molar-refractivity contribution is -0.148. The first kappa shape index (κ1) is 20.6. The van der Waals surface area contributed by atoms with Crippen molar-refractivity contribution in [1.29, 1.82) is 0 Å². The number of halogens is 2. The first-order valence-electron chi connectivity index (χ1n) is 11.3. The number of carboxylic acid groups (broad SMARTS) is 1. The van der Waals surface area contributed by atoms with Gasteiger partial charge in [-0.1, -0.05) is 11.6 Å². The Bertz CT molecular complexity index is 1260. The monoisotopic (exact) mass is 467 g/mol. The van der Waals surface area contributed by atoms with E-state index in [1.807, 2.05) is 6.07 Å². The Balaban J connectivity index is 1.45. The number of fused-ring (bicyclic) bond motifs is 5. The van der Waals surface area contributed by atoms with Gasteiger partial charge in [-0.2, -0.15) is 0 Å². The first-order valence-corrected chi connectivity index (χ1v) is 11.7. The average molecular weight is 468 g/mol. The fourth-order valence-corrected chi connectivity index (χ4v) is 6.13. The maximum Gasteiger partial charge on any atom is 0.308 e. The molecule has 3 heterocycles. The minimum Gasteiger partial charge on any atom is -0.481 e. The standard InChI is InChI=1S/C24H23ClFN5O2/c25-13-5-6-15-18(7-13)29-23(17-10-28-21-16(17)8-14(26)9-27-21)31-22(15)30-20-12-3-1-11(2-4-12)19(20)24(32)33/h5-9,11-12,17,19-20H,1-4,10H2,(H,27,28)(H,32,33)(H,29,30,31). The summed E-state index contributed by atoms with van der Waals surface area (Å²) in [5.41, 5.74) is 1.38. The number of pyridine rings is 1. The predicted octanol–water partition coefficient (Wildman–Crippen LogP) is 4.68. The topological polar surface area (TPSA) is 100 Å². The fourth-order valence-electron chi connectivity index (χ4n) is 5.96. The second-order valence-electron chi connectivity index (χ2n) is 9.33. The molecule has 3 N–H and O–H groups in total. The van der Waals surface area contributed by atoms with Crippen LogP contribution in [0.1, 0.15) is 43.0 Å². The van der Waals surface area contributed by atoms with Crippen LogP contribution in [0.4, 0.5) is 16.0 Å². The molecule has 2 bridgehead atoms. The maximum absolute atomic E-state index is 13.9. The summed E-state index contributed by atoms with van der Waals surface area (Å²) in [4.78, 5) is 25.9. The van der Waals surface area contributed by atoms with Crippen LogP contribution in [-0.4, -0.2) is 38.6 Å².